The van der Waals surface area contributed by atoms with E-state index < -0.39 is 0 Å². The Morgan fingerprint density at radius 1 is 0.938 bits per heavy atom. The third kappa shape index (κ3) is 2.13. The van der Waals surface area contributed by atoms with E-state index in [0.717, 1.165) is 19.0 Å². The predicted molar refractivity (Wildman–Crippen MR) is 66.0 cm³/mol. The van der Waals surface area contributed by atoms with Crippen LogP contribution in [0.15, 0.2) is 0 Å². The van der Waals surface area contributed by atoms with Crippen molar-refractivity contribution in [3.63, 3.8) is 0 Å². The third-order valence-corrected chi connectivity index (χ3v) is 5.07. The molecule has 3 rings (SSSR count). The van der Waals surface area contributed by atoms with Crippen LogP contribution in [-0.4, -0.2) is 23.3 Å². The largest absolute Gasteiger partial charge is 0.316 e. The first-order valence-electron chi connectivity index (χ1n) is 6.47. The van der Waals surface area contributed by atoms with Gasteiger partial charge in [0.25, 0.3) is 0 Å². The first-order chi connectivity index (χ1) is 7.93. The summed E-state index contributed by atoms with van der Waals surface area (Å²) in [7, 11) is 0. The SMILES string of the molecule is C1CCC(c2nnc(C3CCNC3)s2)CC1. The fourth-order valence-electron chi connectivity index (χ4n) is 2.79. The Labute approximate surface area is 101 Å². The van der Waals surface area contributed by atoms with E-state index in [9.17, 15) is 0 Å². The lowest BCUT2D eigenvalue weighted by Gasteiger charge is -2.18. The van der Waals surface area contributed by atoms with Gasteiger partial charge >= 0.3 is 0 Å². The van der Waals surface area contributed by atoms with Crippen LogP contribution in [0.25, 0.3) is 0 Å². The summed E-state index contributed by atoms with van der Waals surface area (Å²) in [5.74, 6) is 1.35. The molecule has 0 aromatic carbocycles. The molecule has 1 N–H and O–H groups in total. The summed E-state index contributed by atoms with van der Waals surface area (Å²) in [6.07, 6.45) is 8.07. The second-order valence-corrected chi connectivity index (χ2v) is 6.04. The van der Waals surface area contributed by atoms with Crippen molar-refractivity contribution >= 4 is 11.3 Å². The number of aromatic nitrogens is 2. The maximum atomic E-state index is 4.43. The third-order valence-electron chi connectivity index (χ3n) is 3.82. The van der Waals surface area contributed by atoms with Gasteiger partial charge in [-0.3, -0.25) is 0 Å². The minimum absolute atomic E-state index is 0.634. The molecule has 88 valence electrons. The van der Waals surface area contributed by atoms with Gasteiger partial charge in [-0.15, -0.1) is 21.5 Å². The molecule has 2 heterocycles. The van der Waals surface area contributed by atoms with Gasteiger partial charge in [-0.05, 0) is 25.8 Å². The minimum atomic E-state index is 0.634. The summed E-state index contributed by atoms with van der Waals surface area (Å²) in [6.45, 7) is 2.24. The Kier molecular flexibility index (Phi) is 3.20. The molecule has 1 aromatic heterocycles. The van der Waals surface area contributed by atoms with Crippen molar-refractivity contribution in [2.24, 2.45) is 0 Å². The molecular weight excluding hydrogens is 218 g/mol. The lowest BCUT2D eigenvalue weighted by Crippen LogP contribution is -2.07. The number of rotatable bonds is 2. The van der Waals surface area contributed by atoms with Crippen molar-refractivity contribution in [2.75, 3.05) is 13.1 Å². The van der Waals surface area contributed by atoms with Crippen molar-refractivity contribution in [1.29, 1.82) is 0 Å². The van der Waals surface area contributed by atoms with Crippen molar-refractivity contribution in [2.45, 2.75) is 50.4 Å². The van der Waals surface area contributed by atoms with E-state index in [-0.39, 0.29) is 0 Å². The zero-order chi connectivity index (χ0) is 10.8. The van der Waals surface area contributed by atoms with Gasteiger partial charge in [-0.25, -0.2) is 0 Å². The maximum Gasteiger partial charge on any atom is 0.121 e. The van der Waals surface area contributed by atoms with Crippen LogP contribution in [0.4, 0.5) is 0 Å². The van der Waals surface area contributed by atoms with Crippen LogP contribution in [0.3, 0.4) is 0 Å². The molecule has 1 saturated heterocycles. The summed E-state index contributed by atoms with van der Waals surface area (Å²) >= 11 is 1.87. The smallest absolute Gasteiger partial charge is 0.121 e. The Morgan fingerprint density at radius 3 is 2.38 bits per heavy atom. The van der Waals surface area contributed by atoms with Crippen LogP contribution >= 0.6 is 11.3 Å². The normalized spacial score (nSPS) is 27.4. The van der Waals surface area contributed by atoms with E-state index in [1.165, 1.54) is 48.5 Å². The molecule has 0 bridgehead atoms. The van der Waals surface area contributed by atoms with Crippen LogP contribution in [0.2, 0.25) is 0 Å². The molecule has 1 saturated carbocycles. The quantitative estimate of drug-likeness (QED) is 0.859. The highest BCUT2D eigenvalue weighted by atomic mass is 32.1. The van der Waals surface area contributed by atoms with E-state index in [2.05, 4.69) is 15.5 Å². The summed E-state index contributed by atoms with van der Waals surface area (Å²) < 4.78 is 0. The first kappa shape index (κ1) is 10.7. The summed E-state index contributed by atoms with van der Waals surface area (Å²) in [4.78, 5) is 0. The molecular formula is C12H19N3S. The Balaban J connectivity index is 1.71. The molecule has 1 aliphatic heterocycles. The van der Waals surface area contributed by atoms with E-state index in [0.29, 0.717) is 5.92 Å². The average Bonchev–Trinajstić information content (AvgIpc) is 3.01. The van der Waals surface area contributed by atoms with Gasteiger partial charge in [-0.1, -0.05) is 19.3 Å². The minimum Gasteiger partial charge on any atom is -0.316 e. The van der Waals surface area contributed by atoms with Gasteiger partial charge in [0, 0.05) is 18.4 Å². The molecule has 2 fully saturated rings. The molecule has 1 unspecified atom stereocenters. The van der Waals surface area contributed by atoms with Gasteiger partial charge in [-0.2, -0.15) is 0 Å². The van der Waals surface area contributed by atoms with Gasteiger partial charge in [0.15, 0.2) is 0 Å². The first-order valence-corrected chi connectivity index (χ1v) is 7.29. The molecule has 0 spiro atoms. The van der Waals surface area contributed by atoms with E-state index in [1.807, 2.05) is 11.3 Å². The van der Waals surface area contributed by atoms with Gasteiger partial charge in [0.05, 0.1) is 0 Å². The maximum absolute atomic E-state index is 4.43. The lowest BCUT2D eigenvalue weighted by atomic mass is 9.90. The van der Waals surface area contributed by atoms with E-state index in [4.69, 9.17) is 0 Å². The number of nitrogens with zero attached hydrogens (tertiary/aromatic N) is 2. The highest BCUT2D eigenvalue weighted by molar-refractivity contribution is 7.11. The zero-order valence-corrected chi connectivity index (χ0v) is 10.4. The Hall–Kier alpha value is -0.480. The number of hydrogen-bond donors (Lipinski definition) is 1. The highest BCUT2D eigenvalue weighted by Gasteiger charge is 2.24. The Bertz CT molecular complexity index is 338. The monoisotopic (exact) mass is 237 g/mol. The van der Waals surface area contributed by atoms with E-state index in [1.54, 1.807) is 0 Å². The second-order valence-electron chi connectivity index (χ2n) is 5.00. The van der Waals surface area contributed by atoms with Crippen LogP contribution in [0.5, 0.6) is 0 Å². The van der Waals surface area contributed by atoms with Crippen molar-refractivity contribution in [1.82, 2.24) is 15.5 Å². The summed E-state index contributed by atoms with van der Waals surface area (Å²) in [5.41, 5.74) is 0. The molecule has 0 radical (unpaired) electrons. The van der Waals surface area contributed by atoms with Crippen molar-refractivity contribution in [3.8, 4) is 0 Å². The molecule has 16 heavy (non-hydrogen) atoms. The fraction of sp³-hybridized carbons (Fsp3) is 0.833. The van der Waals surface area contributed by atoms with Crippen molar-refractivity contribution < 1.29 is 0 Å². The number of nitrogens with one attached hydrogen (secondary N) is 1. The number of hydrogen-bond acceptors (Lipinski definition) is 4. The predicted octanol–water partition coefficient (Wildman–Crippen LogP) is 2.66. The molecule has 1 atom stereocenters. The molecule has 2 aliphatic rings. The van der Waals surface area contributed by atoms with Gasteiger partial charge in [0.1, 0.15) is 10.0 Å². The van der Waals surface area contributed by atoms with E-state index >= 15 is 0 Å². The van der Waals surface area contributed by atoms with Gasteiger partial charge in [0.2, 0.25) is 0 Å². The lowest BCUT2D eigenvalue weighted by molar-refractivity contribution is 0.440. The molecule has 4 heteroatoms. The van der Waals surface area contributed by atoms with Crippen molar-refractivity contribution in [3.05, 3.63) is 10.0 Å². The highest BCUT2D eigenvalue weighted by Crippen LogP contribution is 2.36. The van der Waals surface area contributed by atoms with Crippen LogP contribution in [0, 0.1) is 0 Å². The van der Waals surface area contributed by atoms with Crippen LogP contribution in [0.1, 0.15) is 60.4 Å². The Morgan fingerprint density at radius 2 is 1.69 bits per heavy atom. The standard InChI is InChI=1S/C12H19N3S/c1-2-4-9(5-3-1)11-14-15-12(16-11)10-6-7-13-8-10/h9-10,13H,1-8H2. The van der Waals surface area contributed by atoms with Crippen LogP contribution in [-0.2, 0) is 0 Å². The molecule has 0 amide bonds. The molecule has 1 aliphatic carbocycles. The molecule has 3 nitrogen and oxygen atoms in total. The summed E-state index contributed by atoms with van der Waals surface area (Å²) in [6, 6.07) is 0. The summed E-state index contributed by atoms with van der Waals surface area (Å²) in [5, 5.41) is 14.8. The second kappa shape index (κ2) is 4.80. The average molecular weight is 237 g/mol. The molecule has 1 aromatic rings. The zero-order valence-electron chi connectivity index (χ0n) is 9.61. The topological polar surface area (TPSA) is 37.8 Å². The van der Waals surface area contributed by atoms with Crippen LogP contribution < -0.4 is 5.32 Å². The van der Waals surface area contributed by atoms with Gasteiger partial charge < -0.3 is 5.32 Å². The fourth-order valence-corrected chi connectivity index (χ4v) is 3.94.